The third kappa shape index (κ3) is 4.29. The monoisotopic (exact) mass is 425 g/mol. The van der Waals surface area contributed by atoms with Gasteiger partial charge in [-0.2, -0.15) is 4.31 Å². The van der Waals surface area contributed by atoms with Crippen molar-refractivity contribution in [2.75, 3.05) is 32.8 Å². The van der Waals surface area contributed by atoms with Crippen LogP contribution in [0.1, 0.15) is 32.3 Å². The summed E-state index contributed by atoms with van der Waals surface area (Å²) in [6.07, 6.45) is 0.860. The summed E-state index contributed by atoms with van der Waals surface area (Å²) in [6, 6.07) is 3.85. The van der Waals surface area contributed by atoms with Crippen LogP contribution in [0.15, 0.2) is 23.1 Å². The van der Waals surface area contributed by atoms with Gasteiger partial charge in [0.25, 0.3) is 5.69 Å². The van der Waals surface area contributed by atoms with Crippen LogP contribution < -0.4 is 0 Å². The molecule has 0 N–H and O–H groups in total. The molecule has 0 bridgehead atoms. The lowest BCUT2D eigenvalue weighted by atomic mass is 9.93. The van der Waals surface area contributed by atoms with Gasteiger partial charge in [-0.15, -0.1) is 0 Å². The Morgan fingerprint density at radius 1 is 1.24 bits per heavy atom. The van der Waals surface area contributed by atoms with Gasteiger partial charge in [0.05, 0.1) is 28.6 Å². The van der Waals surface area contributed by atoms with Crippen LogP contribution in [0.2, 0.25) is 0 Å². The van der Waals surface area contributed by atoms with Crippen LogP contribution in [0.5, 0.6) is 0 Å². The van der Waals surface area contributed by atoms with Crippen molar-refractivity contribution in [3.05, 3.63) is 33.9 Å². The molecule has 160 valence electrons. The van der Waals surface area contributed by atoms with E-state index in [0.717, 1.165) is 6.07 Å². The average Bonchev–Trinajstić information content (AvgIpc) is 2.67. The van der Waals surface area contributed by atoms with Gasteiger partial charge in [0.15, 0.2) is 0 Å². The maximum absolute atomic E-state index is 13.1. The number of hydrogen-bond acceptors (Lipinski definition) is 6. The second-order valence-electron chi connectivity index (χ2n) is 8.24. The fourth-order valence-electron chi connectivity index (χ4n) is 3.95. The maximum Gasteiger partial charge on any atom is 0.270 e. The number of piperidine rings is 1. The highest BCUT2D eigenvalue weighted by Gasteiger charge is 2.40. The van der Waals surface area contributed by atoms with Gasteiger partial charge in [0.1, 0.15) is 0 Å². The van der Waals surface area contributed by atoms with Gasteiger partial charge in [-0.05, 0) is 39.2 Å². The van der Waals surface area contributed by atoms with Gasteiger partial charge >= 0.3 is 0 Å². The molecule has 0 radical (unpaired) electrons. The molecule has 0 atom stereocenters. The lowest BCUT2D eigenvalue weighted by Gasteiger charge is -2.44. The predicted octanol–water partition coefficient (Wildman–Crippen LogP) is 1.94. The van der Waals surface area contributed by atoms with Crippen LogP contribution in [0, 0.1) is 23.0 Å². The quantitative estimate of drug-likeness (QED) is 0.539. The highest BCUT2D eigenvalue weighted by Crippen LogP contribution is 2.30. The zero-order valence-corrected chi connectivity index (χ0v) is 17.8. The Morgan fingerprint density at radius 2 is 1.90 bits per heavy atom. The normalized spacial score (nSPS) is 21.1. The number of ether oxygens (including phenoxy) is 1. The molecule has 1 amide bonds. The summed E-state index contributed by atoms with van der Waals surface area (Å²) in [5.41, 5.74) is -0.170. The maximum atomic E-state index is 13.1. The van der Waals surface area contributed by atoms with Crippen LogP contribution in [0.4, 0.5) is 5.69 Å². The first-order valence-electron chi connectivity index (χ1n) is 9.68. The Hall–Kier alpha value is -2.04. The molecule has 3 rings (SSSR count). The number of non-ortho nitro benzene ring substituents is 1. The minimum Gasteiger partial charge on any atom is -0.377 e. The zero-order chi connectivity index (χ0) is 21.4. The number of amides is 1. The summed E-state index contributed by atoms with van der Waals surface area (Å²) in [5.74, 6) is -0.188. The Balaban J connectivity index is 1.72. The first-order valence-corrected chi connectivity index (χ1v) is 11.1. The van der Waals surface area contributed by atoms with Crippen molar-refractivity contribution < 1.29 is 22.9 Å². The summed E-state index contributed by atoms with van der Waals surface area (Å²) in [5, 5.41) is 11.0. The van der Waals surface area contributed by atoms with Crippen LogP contribution in [-0.4, -0.2) is 66.8 Å². The molecule has 2 aliphatic heterocycles. The van der Waals surface area contributed by atoms with E-state index in [2.05, 4.69) is 0 Å². The Labute approximate surface area is 170 Å². The van der Waals surface area contributed by atoms with E-state index in [0.29, 0.717) is 38.2 Å². The van der Waals surface area contributed by atoms with Crippen molar-refractivity contribution in [1.82, 2.24) is 9.21 Å². The molecule has 0 aliphatic carbocycles. The molecular weight excluding hydrogens is 398 g/mol. The highest BCUT2D eigenvalue weighted by atomic mass is 32.2. The van der Waals surface area contributed by atoms with Gasteiger partial charge in [-0.3, -0.25) is 14.9 Å². The van der Waals surface area contributed by atoms with E-state index in [1.807, 2.05) is 18.7 Å². The number of rotatable bonds is 4. The number of hydrogen-bond donors (Lipinski definition) is 0. The molecule has 10 heteroatoms. The van der Waals surface area contributed by atoms with E-state index in [9.17, 15) is 23.3 Å². The summed E-state index contributed by atoms with van der Waals surface area (Å²) < 4.78 is 32.9. The van der Waals surface area contributed by atoms with Gasteiger partial charge < -0.3 is 9.64 Å². The smallest absolute Gasteiger partial charge is 0.270 e. The van der Waals surface area contributed by atoms with Crippen molar-refractivity contribution in [3.8, 4) is 0 Å². The molecule has 2 fully saturated rings. The van der Waals surface area contributed by atoms with Crippen LogP contribution in [0.3, 0.4) is 0 Å². The van der Waals surface area contributed by atoms with E-state index in [1.54, 1.807) is 6.92 Å². The number of nitro benzene ring substituents is 1. The van der Waals surface area contributed by atoms with E-state index < -0.39 is 14.9 Å². The summed E-state index contributed by atoms with van der Waals surface area (Å²) in [7, 11) is -3.86. The molecule has 2 heterocycles. The first kappa shape index (κ1) is 21.7. The molecule has 0 spiro atoms. The van der Waals surface area contributed by atoms with Crippen molar-refractivity contribution in [2.45, 2.75) is 44.0 Å². The van der Waals surface area contributed by atoms with E-state index in [4.69, 9.17) is 4.74 Å². The standard InChI is InChI=1S/C19H27N3O6S/c1-14-4-5-16(22(24)25)12-17(14)29(26,27)20-8-6-15(7-9-20)18(23)21-10-11-28-13-19(21,2)3/h4-5,12,15H,6-11,13H2,1-3H3. The molecular formula is C19H27N3O6S. The van der Waals surface area contributed by atoms with Crippen LogP contribution in [-0.2, 0) is 19.6 Å². The molecule has 9 nitrogen and oxygen atoms in total. The van der Waals surface area contributed by atoms with Crippen molar-refractivity contribution in [1.29, 1.82) is 0 Å². The zero-order valence-electron chi connectivity index (χ0n) is 17.0. The number of benzene rings is 1. The SMILES string of the molecule is Cc1ccc([N+](=O)[O-])cc1S(=O)(=O)N1CCC(C(=O)N2CCOCC2(C)C)CC1. The Bertz CT molecular complexity index is 907. The topological polar surface area (TPSA) is 110 Å². The number of aryl methyl sites for hydroxylation is 1. The second kappa shape index (κ2) is 8.00. The number of morpholine rings is 1. The lowest BCUT2D eigenvalue weighted by Crippen LogP contribution is -2.58. The van der Waals surface area contributed by atoms with E-state index >= 15 is 0 Å². The summed E-state index contributed by atoms with van der Waals surface area (Å²) in [4.78, 5) is 25.2. The largest absolute Gasteiger partial charge is 0.377 e. The molecule has 0 saturated carbocycles. The lowest BCUT2D eigenvalue weighted by molar-refractivity contribution is -0.385. The van der Waals surface area contributed by atoms with E-state index in [-0.39, 0.29) is 41.0 Å². The summed E-state index contributed by atoms with van der Waals surface area (Å²) in [6.45, 7) is 7.51. The van der Waals surface area contributed by atoms with E-state index in [1.165, 1.54) is 16.4 Å². The van der Waals surface area contributed by atoms with Crippen molar-refractivity contribution in [3.63, 3.8) is 0 Å². The average molecular weight is 426 g/mol. The predicted molar refractivity (Wildman–Crippen MR) is 106 cm³/mol. The number of carbonyl (C=O) groups is 1. The van der Waals surface area contributed by atoms with Crippen molar-refractivity contribution >= 4 is 21.6 Å². The molecule has 2 saturated heterocycles. The Morgan fingerprint density at radius 3 is 2.48 bits per heavy atom. The molecule has 29 heavy (non-hydrogen) atoms. The number of nitrogens with zero attached hydrogens (tertiary/aromatic N) is 3. The molecule has 1 aromatic carbocycles. The van der Waals surface area contributed by atoms with Gasteiger partial charge in [-0.25, -0.2) is 8.42 Å². The Kier molecular flexibility index (Phi) is 5.98. The minimum absolute atomic E-state index is 0.0434. The molecule has 2 aliphatic rings. The van der Waals surface area contributed by atoms with Gasteiger partial charge in [-0.1, -0.05) is 6.07 Å². The second-order valence-corrected chi connectivity index (χ2v) is 10.1. The summed E-state index contributed by atoms with van der Waals surface area (Å²) >= 11 is 0. The third-order valence-corrected chi connectivity index (χ3v) is 7.76. The molecule has 0 aromatic heterocycles. The minimum atomic E-state index is -3.86. The molecule has 0 unspecified atom stereocenters. The number of nitro groups is 1. The van der Waals surface area contributed by atoms with Gasteiger partial charge in [0, 0.05) is 37.7 Å². The number of carbonyl (C=O) groups excluding carboxylic acids is 1. The highest BCUT2D eigenvalue weighted by molar-refractivity contribution is 7.89. The van der Waals surface area contributed by atoms with Gasteiger partial charge in [0.2, 0.25) is 15.9 Å². The number of sulfonamides is 1. The van der Waals surface area contributed by atoms with Crippen molar-refractivity contribution in [2.24, 2.45) is 5.92 Å². The van der Waals surface area contributed by atoms with Crippen LogP contribution in [0.25, 0.3) is 0 Å². The first-order chi connectivity index (χ1) is 13.5. The molecule has 1 aromatic rings. The fourth-order valence-corrected chi connectivity index (χ4v) is 5.66. The fraction of sp³-hybridized carbons (Fsp3) is 0.632. The third-order valence-electron chi connectivity index (χ3n) is 5.71. The van der Waals surface area contributed by atoms with Crippen LogP contribution >= 0.6 is 0 Å².